The van der Waals surface area contributed by atoms with Crippen molar-refractivity contribution in [3.05, 3.63) is 112 Å². The SMILES string of the molecule is N#Cc1ccc(Cn2cnnc2CN(Cc2ccc(F)cc2F)C(=O)c2cccc(Cl)n2)cc1. The van der Waals surface area contributed by atoms with E-state index in [1.165, 1.54) is 29.4 Å². The lowest BCUT2D eigenvalue weighted by Gasteiger charge is -2.23. The molecule has 0 aliphatic carbocycles. The Labute approximate surface area is 198 Å². The lowest BCUT2D eigenvalue weighted by Crippen LogP contribution is -2.32. The average Bonchev–Trinajstić information content (AvgIpc) is 3.26. The molecule has 34 heavy (non-hydrogen) atoms. The molecule has 0 fully saturated rings. The maximum atomic E-state index is 14.4. The van der Waals surface area contributed by atoms with Gasteiger partial charge in [0.2, 0.25) is 0 Å². The van der Waals surface area contributed by atoms with Crippen LogP contribution in [0.5, 0.6) is 0 Å². The summed E-state index contributed by atoms with van der Waals surface area (Å²) >= 11 is 5.95. The van der Waals surface area contributed by atoms with Crippen LogP contribution in [0.3, 0.4) is 0 Å². The minimum absolute atomic E-state index is 0.0138. The van der Waals surface area contributed by atoms with Crippen LogP contribution >= 0.6 is 11.6 Å². The van der Waals surface area contributed by atoms with Crippen molar-refractivity contribution in [2.45, 2.75) is 19.6 Å². The fraction of sp³-hybridized carbons (Fsp3) is 0.125. The van der Waals surface area contributed by atoms with Gasteiger partial charge < -0.3 is 9.47 Å². The summed E-state index contributed by atoms with van der Waals surface area (Å²) < 4.78 is 29.5. The highest BCUT2D eigenvalue weighted by Crippen LogP contribution is 2.18. The molecule has 10 heteroatoms. The van der Waals surface area contributed by atoms with Gasteiger partial charge in [-0.1, -0.05) is 35.9 Å². The van der Waals surface area contributed by atoms with E-state index in [1.807, 2.05) is 12.1 Å². The van der Waals surface area contributed by atoms with Gasteiger partial charge in [0.15, 0.2) is 5.82 Å². The molecule has 0 bridgehead atoms. The van der Waals surface area contributed by atoms with E-state index >= 15 is 0 Å². The molecule has 170 valence electrons. The smallest absolute Gasteiger partial charge is 0.273 e. The number of amides is 1. The molecule has 4 aromatic rings. The number of carbonyl (C=O) groups is 1. The Kier molecular flexibility index (Phi) is 6.90. The summed E-state index contributed by atoms with van der Waals surface area (Å²) in [6.45, 7) is 0.236. The quantitative estimate of drug-likeness (QED) is 0.368. The highest BCUT2D eigenvalue weighted by molar-refractivity contribution is 6.29. The first-order valence-corrected chi connectivity index (χ1v) is 10.5. The third-order valence-electron chi connectivity index (χ3n) is 5.06. The number of hydrogen-bond donors (Lipinski definition) is 0. The van der Waals surface area contributed by atoms with Crippen molar-refractivity contribution in [3.63, 3.8) is 0 Å². The number of nitriles is 1. The molecule has 0 spiro atoms. The monoisotopic (exact) mass is 478 g/mol. The molecule has 0 N–H and O–H groups in total. The lowest BCUT2D eigenvalue weighted by molar-refractivity contribution is 0.0716. The second-order valence-electron chi connectivity index (χ2n) is 7.43. The molecule has 4 rings (SSSR count). The van der Waals surface area contributed by atoms with Crippen LogP contribution in [-0.4, -0.2) is 30.6 Å². The number of hydrogen-bond acceptors (Lipinski definition) is 5. The number of rotatable bonds is 7. The predicted molar refractivity (Wildman–Crippen MR) is 119 cm³/mol. The van der Waals surface area contributed by atoms with Crippen molar-refractivity contribution in [3.8, 4) is 6.07 Å². The first-order valence-electron chi connectivity index (χ1n) is 10.1. The van der Waals surface area contributed by atoms with Gasteiger partial charge >= 0.3 is 0 Å². The number of halogens is 3. The van der Waals surface area contributed by atoms with Crippen LogP contribution in [0.25, 0.3) is 0 Å². The minimum atomic E-state index is -0.768. The van der Waals surface area contributed by atoms with Crippen LogP contribution in [0.1, 0.15) is 33.0 Å². The predicted octanol–water partition coefficient (Wildman–Crippen LogP) is 4.37. The average molecular weight is 479 g/mol. The molecule has 0 aliphatic rings. The van der Waals surface area contributed by atoms with Crippen molar-refractivity contribution in [2.75, 3.05) is 0 Å². The molecular formula is C24H17ClF2N6O. The van der Waals surface area contributed by atoms with Crippen molar-refractivity contribution in [1.29, 1.82) is 5.26 Å². The normalized spacial score (nSPS) is 10.6. The molecule has 0 saturated heterocycles. The standard InChI is InChI=1S/C24H17ClF2N6O/c25-22-3-1-2-21(30-22)24(34)32(13-18-8-9-19(26)10-20(18)27)14-23-31-29-15-33(23)12-17-6-4-16(11-28)5-7-17/h1-10,15H,12-14H2. The first kappa shape index (κ1) is 23.0. The maximum Gasteiger partial charge on any atom is 0.273 e. The number of aromatic nitrogens is 4. The van der Waals surface area contributed by atoms with Gasteiger partial charge in [0, 0.05) is 18.2 Å². The summed E-state index contributed by atoms with van der Waals surface area (Å²) in [5, 5.41) is 17.2. The highest BCUT2D eigenvalue weighted by atomic mass is 35.5. The Hall–Kier alpha value is -4.16. The summed E-state index contributed by atoms with van der Waals surface area (Å²) in [6, 6.07) is 16.9. The summed E-state index contributed by atoms with van der Waals surface area (Å²) in [7, 11) is 0. The van der Waals surface area contributed by atoms with Gasteiger partial charge in [0.1, 0.15) is 28.8 Å². The largest absolute Gasteiger partial charge is 0.325 e. The molecule has 0 saturated carbocycles. The van der Waals surface area contributed by atoms with Gasteiger partial charge in [-0.2, -0.15) is 5.26 Å². The van der Waals surface area contributed by atoms with E-state index in [-0.39, 0.29) is 29.5 Å². The third-order valence-corrected chi connectivity index (χ3v) is 5.27. The zero-order valence-electron chi connectivity index (χ0n) is 17.7. The Bertz CT molecular complexity index is 1370. The van der Waals surface area contributed by atoms with Gasteiger partial charge in [-0.3, -0.25) is 4.79 Å². The summed E-state index contributed by atoms with van der Waals surface area (Å²) in [5.74, 6) is -1.53. The van der Waals surface area contributed by atoms with Crippen molar-refractivity contribution >= 4 is 17.5 Å². The van der Waals surface area contributed by atoms with Crippen LogP contribution in [0.2, 0.25) is 5.15 Å². The maximum absolute atomic E-state index is 14.4. The van der Waals surface area contributed by atoms with Crippen molar-refractivity contribution < 1.29 is 13.6 Å². The highest BCUT2D eigenvalue weighted by Gasteiger charge is 2.22. The van der Waals surface area contributed by atoms with Gasteiger partial charge in [-0.05, 0) is 35.9 Å². The molecule has 1 amide bonds. The third kappa shape index (κ3) is 5.42. The molecule has 0 unspecified atom stereocenters. The van der Waals surface area contributed by atoms with Crippen LogP contribution in [-0.2, 0) is 19.6 Å². The first-order chi connectivity index (χ1) is 16.4. The molecule has 0 atom stereocenters. The van der Waals surface area contributed by atoms with Gasteiger partial charge in [-0.25, -0.2) is 13.8 Å². The van der Waals surface area contributed by atoms with Crippen LogP contribution in [0, 0.1) is 23.0 Å². The fourth-order valence-corrected chi connectivity index (χ4v) is 3.49. The molecule has 7 nitrogen and oxygen atoms in total. The van der Waals surface area contributed by atoms with E-state index in [2.05, 4.69) is 21.3 Å². The Morgan fingerprint density at radius 2 is 1.88 bits per heavy atom. The number of pyridine rings is 1. The second-order valence-corrected chi connectivity index (χ2v) is 7.81. The van der Waals surface area contributed by atoms with Crippen LogP contribution < -0.4 is 0 Å². The van der Waals surface area contributed by atoms with E-state index in [9.17, 15) is 13.6 Å². The van der Waals surface area contributed by atoms with E-state index in [1.54, 1.807) is 22.8 Å². The second kappa shape index (κ2) is 10.2. The van der Waals surface area contributed by atoms with Crippen LogP contribution in [0.15, 0.2) is 67.0 Å². The molecular weight excluding hydrogens is 462 g/mol. The molecule has 0 aliphatic heterocycles. The van der Waals surface area contributed by atoms with E-state index in [4.69, 9.17) is 16.9 Å². The zero-order valence-corrected chi connectivity index (χ0v) is 18.5. The Morgan fingerprint density at radius 1 is 1.09 bits per heavy atom. The van der Waals surface area contributed by atoms with Gasteiger partial charge in [-0.15, -0.1) is 10.2 Å². The zero-order chi connectivity index (χ0) is 24.1. The topological polar surface area (TPSA) is 87.7 Å². The molecule has 0 radical (unpaired) electrons. The fourth-order valence-electron chi connectivity index (χ4n) is 3.33. The number of benzene rings is 2. The van der Waals surface area contributed by atoms with Gasteiger partial charge in [0.05, 0.1) is 24.7 Å². The Balaban J connectivity index is 1.62. The van der Waals surface area contributed by atoms with E-state index in [0.717, 1.165) is 17.7 Å². The summed E-state index contributed by atoms with van der Waals surface area (Å²) in [5.41, 5.74) is 1.65. The van der Waals surface area contributed by atoms with E-state index in [0.29, 0.717) is 17.9 Å². The van der Waals surface area contributed by atoms with Gasteiger partial charge in [0.25, 0.3) is 5.91 Å². The molecule has 2 aromatic carbocycles. The Morgan fingerprint density at radius 3 is 2.59 bits per heavy atom. The summed E-state index contributed by atoms with van der Waals surface area (Å²) in [6.07, 6.45) is 1.52. The van der Waals surface area contributed by atoms with Crippen LogP contribution in [0.4, 0.5) is 8.78 Å². The number of carbonyl (C=O) groups excluding carboxylic acids is 1. The van der Waals surface area contributed by atoms with E-state index < -0.39 is 17.5 Å². The lowest BCUT2D eigenvalue weighted by atomic mass is 10.1. The molecule has 2 aromatic heterocycles. The number of nitrogens with zero attached hydrogens (tertiary/aromatic N) is 6. The van der Waals surface area contributed by atoms with Crippen molar-refractivity contribution in [1.82, 2.24) is 24.6 Å². The summed E-state index contributed by atoms with van der Waals surface area (Å²) in [4.78, 5) is 18.7. The minimum Gasteiger partial charge on any atom is -0.325 e. The van der Waals surface area contributed by atoms with Crippen molar-refractivity contribution in [2.24, 2.45) is 0 Å². The molecule has 2 heterocycles.